The molecule has 0 radical (unpaired) electrons. The van der Waals surface area contributed by atoms with Crippen molar-refractivity contribution in [1.82, 2.24) is 9.97 Å². The van der Waals surface area contributed by atoms with Gasteiger partial charge in [-0.1, -0.05) is 11.6 Å². The first-order valence-corrected chi connectivity index (χ1v) is 6.30. The number of hydrogen-bond donors (Lipinski definition) is 1. The third-order valence-electron chi connectivity index (χ3n) is 2.79. The van der Waals surface area contributed by atoms with E-state index in [1.165, 1.54) is 6.07 Å². The lowest BCUT2D eigenvalue weighted by Crippen LogP contribution is -2.48. The van der Waals surface area contributed by atoms with E-state index in [2.05, 4.69) is 9.97 Å². The molecule has 0 spiro atoms. The number of aliphatic hydroxyl groups excluding tert-OH is 1. The van der Waals surface area contributed by atoms with Gasteiger partial charge in [0, 0.05) is 19.2 Å². The number of aliphatic hydroxyl groups is 1. The van der Waals surface area contributed by atoms with Crippen molar-refractivity contribution in [2.24, 2.45) is 0 Å². The zero-order valence-corrected chi connectivity index (χ0v) is 11.3. The topological polar surface area (TPSA) is 58.5 Å². The second-order valence-electron chi connectivity index (χ2n) is 4.53. The van der Waals surface area contributed by atoms with Crippen molar-refractivity contribution in [3.63, 3.8) is 0 Å². The maximum absolute atomic E-state index is 12.7. The van der Waals surface area contributed by atoms with Gasteiger partial charge in [-0.15, -0.1) is 0 Å². The number of alkyl halides is 3. The molecular weight excluding hydrogens is 299 g/mol. The Labute approximate surface area is 118 Å². The lowest BCUT2D eigenvalue weighted by atomic mass is 10.2. The highest BCUT2D eigenvalue weighted by Crippen LogP contribution is 2.30. The summed E-state index contributed by atoms with van der Waals surface area (Å²) in [6.45, 7) is 2.15. The summed E-state index contributed by atoms with van der Waals surface area (Å²) >= 11 is 5.62. The Morgan fingerprint density at radius 1 is 1.45 bits per heavy atom. The molecule has 0 amide bonds. The summed E-state index contributed by atoms with van der Waals surface area (Å²) in [5, 5.41) is 8.85. The second kappa shape index (κ2) is 5.71. The van der Waals surface area contributed by atoms with Crippen molar-refractivity contribution >= 4 is 17.4 Å². The van der Waals surface area contributed by atoms with Gasteiger partial charge in [0.2, 0.25) is 5.82 Å². The summed E-state index contributed by atoms with van der Waals surface area (Å²) in [6, 6.07) is 1.27. The van der Waals surface area contributed by atoms with Crippen LogP contribution in [0.4, 0.5) is 19.0 Å². The standard InChI is InChI=1S/C11H13ClF3N3O2/c1-6-3-18(4-7(5-19)20-6)9-2-8(12)16-10(17-9)11(13,14)15/h2,6-7,19H,3-5H2,1H3. The zero-order valence-electron chi connectivity index (χ0n) is 10.6. The molecule has 2 rings (SSSR count). The lowest BCUT2D eigenvalue weighted by Gasteiger charge is -2.36. The van der Waals surface area contributed by atoms with Crippen molar-refractivity contribution in [2.45, 2.75) is 25.3 Å². The first-order valence-electron chi connectivity index (χ1n) is 5.92. The predicted octanol–water partition coefficient (Wildman–Crippen LogP) is 1.73. The van der Waals surface area contributed by atoms with Crippen LogP contribution in [0.25, 0.3) is 0 Å². The molecule has 0 bridgehead atoms. The fourth-order valence-corrected chi connectivity index (χ4v) is 2.21. The number of nitrogens with zero attached hydrogens (tertiary/aromatic N) is 3. The highest BCUT2D eigenvalue weighted by Gasteiger charge is 2.36. The van der Waals surface area contributed by atoms with Crippen molar-refractivity contribution in [3.8, 4) is 0 Å². The molecule has 2 atom stereocenters. The van der Waals surface area contributed by atoms with E-state index in [0.29, 0.717) is 6.54 Å². The first kappa shape index (κ1) is 15.3. The predicted molar refractivity (Wildman–Crippen MR) is 65.7 cm³/mol. The van der Waals surface area contributed by atoms with E-state index in [4.69, 9.17) is 21.4 Å². The van der Waals surface area contributed by atoms with E-state index in [1.54, 1.807) is 11.8 Å². The number of hydrogen-bond acceptors (Lipinski definition) is 5. The fourth-order valence-electron chi connectivity index (χ4n) is 2.03. The average molecular weight is 312 g/mol. The maximum Gasteiger partial charge on any atom is 0.451 e. The molecular formula is C11H13ClF3N3O2. The summed E-state index contributed by atoms with van der Waals surface area (Å²) in [5.74, 6) is -1.20. The van der Waals surface area contributed by atoms with Crippen LogP contribution in [0.15, 0.2) is 6.07 Å². The number of aromatic nitrogens is 2. The number of morpholine rings is 1. The number of rotatable bonds is 2. The van der Waals surface area contributed by atoms with Gasteiger partial charge >= 0.3 is 6.18 Å². The summed E-state index contributed by atoms with van der Waals surface area (Å²) in [5.41, 5.74) is 0. The van der Waals surface area contributed by atoms with E-state index in [0.717, 1.165) is 0 Å². The van der Waals surface area contributed by atoms with Crippen LogP contribution in [0.1, 0.15) is 12.7 Å². The Morgan fingerprint density at radius 2 is 2.15 bits per heavy atom. The molecule has 1 aliphatic rings. The quantitative estimate of drug-likeness (QED) is 0.843. The van der Waals surface area contributed by atoms with Gasteiger partial charge in [0.25, 0.3) is 0 Å². The molecule has 1 aromatic heterocycles. The van der Waals surface area contributed by atoms with Gasteiger partial charge in [-0.3, -0.25) is 0 Å². The average Bonchev–Trinajstić information content (AvgIpc) is 2.36. The van der Waals surface area contributed by atoms with E-state index in [1.807, 2.05) is 0 Å². The van der Waals surface area contributed by atoms with Gasteiger partial charge < -0.3 is 14.7 Å². The molecule has 1 aromatic rings. The van der Waals surface area contributed by atoms with Crippen LogP contribution in [0, 0.1) is 0 Å². The molecule has 20 heavy (non-hydrogen) atoms. The van der Waals surface area contributed by atoms with Crippen LogP contribution in [-0.4, -0.2) is 47.0 Å². The van der Waals surface area contributed by atoms with Gasteiger partial charge in [0.1, 0.15) is 11.0 Å². The summed E-state index contributed by atoms with van der Waals surface area (Å²) in [4.78, 5) is 8.28. The summed E-state index contributed by atoms with van der Waals surface area (Å²) < 4.78 is 43.4. The molecule has 2 heterocycles. The van der Waals surface area contributed by atoms with Gasteiger partial charge in [0.15, 0.2) is 0 Å². The Balaban J connectivity index is 2.30. The fraction of sp³-hybridized carbons (Fsp3) is 0.636. The smallest absolute Gasteiger partial charge is 0.394 e. The monoisotopic (exact) mass is 311 g/mol. The van der Waals surface area contributed by atoms with Crippen LogP contribution >= 0.6 is 11.6 Å². The highest BCUT2D eigenvalue weighted by molar-refractivity contribution is 6.29. The van der Waals surface area contributed by atoms with Crippen LogP contribution in [0.3, 0.4) is 0 Å². The van der Waals surface area contributed by atoms with Gasteiger partial charge in [-0.25, -0.2) is 9.97 Å². The largest absolute Gasteiger partial charge is 0.451 e. The normalized spacial score (nSPS) is 24.0. The van der Waals surface area contributed by atoms with Crippen LogP contribution in [0.5, 0.6) is 0 Å². The number of anilines is 1. The van der Waals surface area contributed by atoms with Gasteiger partial charge in [-0.2, -0.15) is 13.2 Å². The Hall–Kier alpha value is -1.12. The minimum Gasteiger partial charge on any atom is -0.394 e. The summed E-state index contributed by atoms with van der Waals surface area (Å²) in [6.07, 6.45) is -5.36. The Morgan fingerprint density at radius 3 is 2.75 bits per heavy atom. The molecule has 5 nitrogen and oxygen atoms in total. The third-order valence-corrected chi connectivity index (χ3v) is 2.98. The molecule has 9 heteroatoms. The van der Waals surface area contributed by atoms with E-state index in [9.17, 15) is 13.2 Å². The van der Waals surface area contributed by atoms with E-state index in [-0.39, 0.29) is 30.2 Å². The Bertz CT molecular complexity index is 486. The van der Waals surface area contributed by atoms with Crippen LogP contribution in [0.2, 0.25) is 5.15 Å². The van der Waals surface area contributed by atoms with Gasteiger partial charge in [0.05, 0.1) is 18.8 Å². The second-order valence-corrected chi connectivity index (χ2v) is 4.91. The van der Waals surface area contributed by atoms with Crippen LogP contribution < -0.4 is 4.90 Å². The first-order chi connectivity index (χ1) is 9.29. The van der Waals surface area contributed by atoms with Crippen molar-refractivity contribution < 1.29 is 23.0 Å². The number of halogens is 4. The minimum absolute atomic E-state index is 0.0749. The molecule has 1 N–H and O–H groups in total. The number of ether oxygens (including phenoxy) is 1. The third kappa shape index (κ3) is 3.50. The lowest BCUT2D eigenvalue weighted by molar-refractivity contribution is -0.144. The zero-order chi connectivity index (χ0) is 14.9. The molecule has 0 saturated carbocycles. The van der Waals surface area contributed by atoms with Crippen molar-refractivity contribution in [1.29, 1.82) is 0 Å². The maximum atomic E-state index is 12.7. The van der Waals surface area contributed by atoms with Crippen molar-refractivity contribution in [3.05, 3.63) is 17.0 Å². The molecule has 0 aromatic carbocycles. The minimum atomic E-state index is -4.66. The van der Waals surface area contributed by atoms with E-state index < -0.39 is 18.1 Å². The highest BCUT2D eigenvalue weighted by atomic mass is 35.5. The molecule has 2 unspecified atom stereocenters. The van der Waals surface area contributed by atoms with Crippen molar-refractivity contribution in [2.75, 3.05) is 24.6 Å². The molecule has 112 valence electrons. The summed E-state index contributed by atoms with van der Waals surface area (Å²) in [7, 11) is 0. The Kier molecular flexibility index (Phi) is 4.36. The SMILES string of the molecule is CC1CN(c2cc(Cl)nc(C(F)(F)F)n2)CC(CO)O1. The molecule has 0 aliphatic carbocycles. The van der Waals surface area contributed by atoms with Crippen LogP contribution in [-0.2, 0) is 10.9 Å². The molecule has 1 saturated heterocycles. The molecule has 1 fully saturated rings. The van der Waals surface area contributed by atoms with Gasteiger partial charge in [-0.05, 0) is 6.92 Å². The molecule has 1 aliphatic heterocycles. The van der Waals surface area contributed by atoms with E-state index >= 15 is 0 Å².